The van der Waals surface area contributed by atoms with Gasteiger partial charge < -0.3 is 21.3 Å². The zero-order valence-corrected chi connectivity index (χ0v) is 14.6. The Labute approximate surface area is 127 Å². The van der Waals surface area contributed by atoms with Crippen molar-refractivity contribution in [3.63, 3.8) is 0 Å². The standard InChI is InChI=1S/C14H34N4.C2H6/c1-4-15-9-6-10-16-11-7-12-17-13-8-14(3)18-5-2;1-2/h14-18H,4-13H2,1-3H3;1-2H3. The molecule has 0 rings (SSSR count). The van der Waals surface area contributed by atoms with Gasteiger partial charge >= 0.3 is 0 Å². The first-order valence-electron chi connectivity index (χ1n) is 8.66. The summed E-state index contributed by atoms with van der Waals surface area (Å²) in [4.78, 5) is 0. The summed E-state index contributed by atoms with van der Waals surface area (Å²) in [6.45, 7) is 18.3. The Balaban J connectivity index is 0. The van der Waals surface area contributed by atoms with E-state index in [4.69, 9.17) is 0 Å². The van der Waals surface area contributed by atoms with Gasteiger partial charge in [-0.3, -0.25) is 0 Å². The van der Waals surface area contributed by atoms with E-state index in [1.165, 1.54) is 19.3 Å². The zero-order valence-electron chi connectivity index (χ0n) is 14.6. The molecule has 0 aliphatic rings. The van der Waals surface area contributed by atoms with E-state index in [0.717, 1.165) is 45.8 Å². The first kappa shape index (κ1) is 22.1. The van der Waals surface area contributed by atoms with Crippen molar-refractivity contribution in [1.82, 2.24) is 21.3 Å². The Kier molecular flexibility index (Phi) is 23.4. The maximum absolute atomic E-state index is 3.49. The van der Waals surface area contributed by atoms with Gasteiger partial charge in [0, 0.05) is 6.04 Å². The molecule has 0 fully saturated rings. The number of rotatable bonds is 14. The monoisotopic (exact) mass is 288 g/mol. The highest BCUT2D eigenvalue weighted by Gasteiger charge is 1.97. The van der Waals surface area contributed by atoms with Crippen LogP contribution < -0.4 is 21.3 Å². The molecule has 0 radical (unpaired) electrons. The lowest BCUT2D eigenvalue weighted by molar-refractivity contribution is 0.497. The van der Waals surface area contributed by atoms with Crippen LogP contribution in [0.2, 0.25) is 0 Å². The minimum absolute atomic E-state index is 0.631. The third-order valence-corrected chi connectivity index (χ3v) is 2.97. The van der Waals surface area contributed by atoms with E-state index in [2.05, 4.69) is 42.0 Å². The molecule has 0 saturated carbocycles. The maximum Gasteiger partial charge on any atom is 0.00506 e. The van der Waals surface area contributed by atoms with Gasteiger partial charge in [0.05, 0.1) is 0 Å². The predicted octanol–water partition coefficient (Wildman–Crippen LogP) is 1.97. The molecule has 0 aromatic carbocycles. The summed E-state index contributed by atoms with van der Waals surface area (Å²) in [7, 11) is 0. The minimum Gasteiger partial charge on any atom is -0.317 e. The molecule has 4 nitrogen and oxygen atoms in total. The topological polar surface area (TPSA) is 48.1 Å². The van der Waals surface area contributed by atoms with Crippen molar-refractivity contribution in [3.05, 3.63) is 0 Å². The third-order valence-electron chi connectivity index (χ3n) is 2.97. The first-order valence-corrected chi connectivity index (χ1v) is 8.66. The van der Waals surface area contributed by atoms with Crippen molar-refractivity contribution >= 4 is 0 Å². The van der Waals surface area contributed by atoms with E-state index in [-0.39, 0.29) is 0 Å². The maximum atomic E-state index is 3.49. The van der Waals surface area contributed by atoms with Gasteiger partial charge in [-0.15, -0.1) is 0 Å². The van der Waals surface area contributed by atoms with Gasteiger partial charge in [0.1, 0.15) is 0 Å². The molecule has 0 heterocycles. The molecule has 0 aliphatic carbocycles. The molecule has 1 unspecified atom stereocenters. The molecule has 0 spiro atoms. The van der Waals surface area contributed by atoms with Gasteiger partial charge in [0.2, 0.25) is 0 Å². The molecule has 0 amide bonds. The van der Waals surface area contributed by atoms with Crippen LogP contribution in [0.5, 0.6) is 0 Å². The lowest BCUT2D eigenvalue weighted by atomic mass is 10.2. The fraction of sp³-hybridized carbons (Fsp3) is 1.00. The quantitative estimate of drug-likeness (QED) is 0.369. The Morgan fingerprint density at radius 2 is 1.20 bits per heavy atom. The van der Waals surface area contributed by atoms with Crippen LogP contribution in [0, 0.1) is 0 Å². The third kappa shape index (κ3) is 20.2. The van der Waals surface area contributed by atoms with Gasteiger partial charge in [-0.25, -0.2) is 0 Å². The predicted molar refractivity (Wildman–Crippen MR) is 92.6 cm³/mol. The second kappa shape index (κ2) is 21.1. The van der Waals surface area contributed by atoms with Crippen molar-refractivity contribution in [2.45, 2.75) is 59.9 Å². The van der Waals surface area contributed by atoms with Gasteiger partial charge in [-0.05, 0) is 72.0 Å². The highest BCUT2D eigenvalue weighted by atomic mass is 14.9. The van der Waals surface area contributed by atoms with Crippen molar-refractivity contribution in [1.29, 1.82) is 0 Å². The molecule has 0 aliphatic heterocycles. The summed E-state index contributed by atoms with van der Waals surface area (Å²) < 4.78 is 0. The number of nitrogens with one attached hydrogen (secondary N) is 4. The van der Waals surface area contributed by atoms with Crippen LogP contribution in [0.3, 0.4) is 0 Å². The van der Waals surface area contributed by atoms with Gasteiger partial charge in [0.15, 0.2) is 0 Å². The highest BCUT2D eigenvalue weighted by molar-refractivity contribution is 4.61. The summed E-state index contributed by atoms with van der Waals surface area (Å²) in [5, 5.41) is 13.7. The lowest BCUT2D eigenvalue weighted by Gasteiger charge is -2.12. The Morgan fingerprint density at radius 1 is 0.700 bits per heavy atom. The first-order chi connectivity index (χ1) is 9.81. The number of hydrogen-bond acceptors (Lipinski definition) is 4. The molecule has 20 heavy (non-hydrogen) atoms. The van der Waals surface area contributed by atoms with E-state index in [1.54, 1.807) is 0 Å². The van der Waals surface area contributed by atoms with Gasteiger partial charge in [-0.2, -0.15) is 0 Å². The summed E-state index contributed by atoms with van der Waals surface area (Å²) in [5.41, 5.74) is 0. The highest BCUT2D eigenvalue weighted by Crippen LogP contribution is 1.87. The van der Waals surface area contributed by atoms with Crippen molar-refractivity contribution < 1.29 is 0 Å². The van der Waals surface area contributed by atoms with E-state index in [0.29, 0.717) is 6.04 Å². The second-order valence-corrected chi connectivity index (χ2v) is 4.81. The van der Waals surface area contributed by atoms with Gasteiger partial charge in [-0.1, -0.05) is 27.7 Å². The van der Waals surface area contributed by atoms with Crippen LogP contribution in [0.1, 0.15) is 53.9 Å². The van der Waals surface area contributed by atoms with Crippen molar-refractivity contribution in [3.8, 4) is 0 Å². The van der Waals surface area contributed by atoms with E-state index >= 15 is 0 Å². The van der Waals surface area contributed by atoms with Gasteiger partial charge in [0.25, 0.3) is 0 Å². The minimum atomic E-state index is 0.631. The second-order valence-electron chi connectivity index (χ2n) is 4.81. The Bertz CT molecular complexity index is 153. The Morgan fingerprint density at radius 3 is 1.70 bits per heavy atom. The van der Waals surface area contributed by atoms with Crippen LogP contribution >= 0.6 is 0 Å². The molecule has 0 aromatic rings. The summed E-state index contributed by atoms with van der Waals surface area (Å²) in [6, 6.07) is 0.631. The molecule has 124 valence electrons. The molecule has 4 N–H and O–H groups in total. The van der Waals surface area contributed by atoms with E-state index in [9.17, 15) is 0 Å². The van der Waals surface area contributed by atoms with Crippen LogP contribution in [0.15, 0.2) is 0 Å². The van der Waals surface area contributed by atoms with E-state index in [1.807, 2.05) is 13.8 Å². The van der Waals surface area contributed by atoms with E-state index < -0.39 is 0 Å². The average molecular weight is 289 g/mol. The molecule has 0 bridgehead atoms. The molecule has 1 atom stereocenters. The van der Waals surface area contributed by atoms with Crippen LogP contribution in [0.25, 0.3) is 0 Å². The van der Waals surface area contributed by atoms with Crippen LogP contribution in [-0.4, -0.2) is 51.9 Å². The van der Waals surface area contributed by atoms with Crippen molar-refractivity contribution in [2.24, 2.45) is 0 Å². The average Bonchev–Trinajstić information content (AvgIpc) is 2.47. The van der Waals surface area contributed by atoms with Crippen LogP contribution in [0.4, 0.5) is 0 Å². The fourth-order valence-corrected chi connectivity index (χ4v) is 1.87. The zero-order chi connectivity index (χ0) is 15.5. The summed E-state index contributed by atoms with van der Waals surface area (Å²) in [6.07, 6.45) is 3.65. The molecule has 4 heteroatoms. The molecule has 0 aromatic heterocycles. The normalized spacial score (nSPS) is 11.8. The smallest absolute Gasteiger partial charge is 0.00506 e. The molecular formula is C16H40N4. The SMILES string of the molecule is CC.CCNCCCNCCCNCCC(C)NCC. The summed E-state index contributed by atoms with van der Waals surface area (Å²) in [5.74, 6) is 0. The largest absolute Gasteiger partial charge is 0.317 e. The Hall–Kier alpha value is -0.160. The van der Waals surface area contributed by atoms with Crippen LogP contribution in [-0.2, 0) is 0 Å². The summed E-state index contributed by atoms with van der Waals surface area (Å²) >= 11 is 0. The lowest BCUT2D eigenvalue weighted by Crippen LogP contribution is -2.31. The number of hydrogen-bond donors (Lipinski definition) is 4. The van der Waals surface area contributed by atoms with Crippen molar-refractivity contribution in [2.75, 3.05) is 45.8 Å². The fourth-order valence-electron chi connectivity index (χ4n) is 1.87. The molecule has 0 saturated heterocycles. The molecular weight excluding hydrogens is 248 g/mol.